The molecule has 194 valence electrons. The number of carbonyl (C=O) groups excluding carboxylic acids is 2. The molecule has 0 unspecified atom stereocenters. The van der Waals surface area contributed by atoms with Crippen molar-refractivity contribution < 1.29 is 61.1 Å². The van der Waals surface area contributed by atoms with Gasteiger partial charge >= 0.3 is 33.4 Å². The summed E-state index contributed by atoms with van der Waals surface area (Å²) in [4.78, 5) is 24.2. The van der Waals surface area contributed by atoms with E-state index in [0.29, 0.717) is 25.7 Å². The molecule has 0 radical (unpaired) electrons. The summed E-state index contributed by atoms with van der Waals surface area (Å²) in [5.41, 5.74) is 0. The van der Waals surface area contributed by atoms with Crippen molar-refractivity contribution in [2.24, 2.45) is 5.92 Å². The first kappa shape index (κ1) is 28.2. The van der Waals surface area contributed by atoms with Gasteiger partial charge in [-0.25, -0.2) is 3.63 Å². The van der Waals surface area contributed by atoms with Crippen LogP contribution in [0.4, 0.5) is 39.5 Å². The van der Waals surface area contributed by atoms with Gasteiger partial charge in [-0.3, -0.25) is 9.59 Å². The Kier molecular flexibility index (Phi) is 7.87. The molecule has 2 rings (SSSR count). The van der Waals surface area contributed by atoms with Crippen molar-refractivity contribution in [2.75, 3.05) is 17.3 Å². The first-order valence-corrected chi connectivity index (χ1v) is 13.2. The van der Waals surface area contributed by atoms with Gasteiger partial charge in [0, 0.05) is 30.3 Å². The summed E-state index contributed by atoms with van der Waals surface area (Å²) < 4.78 is 147. The van der Waals surface area contributed by atoms with Gasteiger partial charge in [0.2, 0.25) is 0 Å². The Morgan fingerprint density at radius 3 is 1.82 bits per heavy atom. The van der Waals surface area contributed by atoms with Gasteiger partial charge in [-0.1, -0.05) is 19.3 Å². The van der Waals surface area contributed by atoms with Gasteiger partial charge in [0.15, 0.2) is 0 Å². The molecule has 2 fully saturated rings. The first-order chi connectivity index (χ1) is 14.8. The predicted molar refractivity (Wildman–Crippen MR) is 98.9 cm³/mol. The molecule has 0 amide bonds. The molecule has 1 saturated heterocycles. The second-order valence-electron chi connectivity index (χ2n) is 8.04. The molecule has 0 spiro atoms. The molecule has 33 heavy (non-hydrogen) atoms. The standard InChI is InChI=1S/C17H21F9O5S2/c18-14(19,16(22,23)24)15(20,21)17(25,26)33(29,30)31-32(8-6-12(27)7-9-32)10-13(28)11-4-2-1-3-5-11/h11H,1-10H2. The summed E-state index contributed by atoms with van der Waals surface area (Å²) in [5.74, 6) is -18.6. The van der Waals surface area contributed by atoms with E-state index in [-0.39, 0.29) is 0 Å². The number of rotatable bonds is 8. The van der Waals surface area contributed by atoms with Gasteiger partial charge in [0.05, 0.1) is 5.75 Å². The Morgan fingerprint density at radius 2 is 1.36 bits per heavy atom. The summed E-state index contributed by atoms with van der Waals surface area (Å²) in [5, 5.41) is -6.99. The SMILES string of the molecule is O=C1CCS(CC(=O)C2CCCCC2)(OS(=O)(=O)C(F)(F)C(F)(F)C(F)(F)C(F)(F)F)CC1. The minimum absolute atomic E-state index is 0.395. The smallest absolute Gasteiger partial charge is 0.300 e. The van der Waals surface area contributed by atoms with E-state index in [1.807, 2.05) is 0 Å². The highest BCUT2D eigenvalue weighted by atomic mass is 32.3. The molecule has 5 nitrogen and oxygen atoms in total. The maximum atomic E-state index is 14.1. The fourth-order valence-corrected chi connectivity index (χ4v) is 9.10. The Morgan fingerprint density at radius 1 is 0.879 bits per heavy atom. The number of carbonyl (C=O) groups is 2. The maximum absolute atomic E-state index is 14.1. The Bertz CT molecular complexity index is 855. The van der Waals surface area contributed by atoms with Gasteiger partial charge in [0.1, 0.15) is 11.6 Å². The van der Waals surface area contributed by atoms with Crippen LogP contribution in [-0.2, 0) is 23.3 Å². The normalized spacial score (nSPS) is 22.8. The molecule has 0 atom stereocenters. The largest absolute Gasteiger partial charge is 0.460 e. The molecule has 1 aliphatic heterocycles. The number of hydrogen-bond donors (Lipinski definition) is 0. The van der Waals surface area contributed by atoms with Crippen molar-refractivity contribution >= 4 is 32.0 Å². The van der Waals surface area contributed by atoms with E-state index in [4.69, 9.17) is 0 Å². The number of hydrogen-bond acceptors (Lipinski definition) is 5. The molecule has 1 heterocycles. The second kappa shape index (κ2) is 9.21. The summed E-state index contributed by atoms with van der Waals surface area (Å²) in [6.45, 7) is 0. The van der Waals surface area contributed by atoms with E-state index in [1.54, 1.807) is 0 Å². The van der Waals surface area contributed by atoms with E-state index in [0.717, 1.165) is 6.42 Å². The molecule has 1 aliphatic carbocycles. The third-order valence-electron chi connectivity index (χ3n) is 5.64. The lowest BCUT2D eigenvalue weighted by molar-refractivity contribution is -0.382. The minimum Gasteiger partial charge on any atom is -0.300 e. The summed E-state index contributed by atoms with van der Waals surface area (Å²) in [6, 6.07) is 0. The van der Waals surface area contributed by atoms with Crippen molar-refractivity contribution in [2.45, 2.75) is 68.2 Å². The molecular weight excluding hydrogens is 519 g/mol. The van der Waals surface area contributed by atoms with Crippen LogP contribution in [0.15, 0.2) is 0 Å². The van der Waals surface area contributed by atoms with Crippen LogP contribution in [0.2, 0.25) is 0 Å². The van der Waals surface area contributed by atoms with E-state index in [2.05, 4.69) is 3.63 Å². The van der Waals surface area contributed by atoms with Crippen molar-refractivity contribution in [1.29, 1.82) is 0 Å². The lowest BCUT2D eigenvalue weighted by Gasteiger charge is -2.42. The van der Waals surface area contributed by atoms with E-state index >= 15 is 0 Å². The zero-order valence-corrected chi connectivity index (χ0v) is 18.5. The van der Waals surface area contributed by atoms with Crippen LogP contribution in [-0.4, -0.2) is 60.5 Å². The molecule has 1 saturated carbocycles. The second-order valence-corrected chi connectivity index (χ2v) is 13.0. The first-order valence-electron chi connectivity index (χ1n) is 9.76. The summed E-state index contributed by atoms with van der Waals surface area (Å²) in [7, 11) is -10.7. The topological polar surface area (TPSA) is 77.5 Å². The number of ketones is 2. The van der Waals surface area contributed by atoms with Crippen molar-refractivity contribution in [1.82, 2.24) is 0 Å². The fourth-order valence-electron chi connectivity index (χ4n) is 3.62. The molecule has 0 bridgehead atoms. The van der Waals surface area contributed by atoms with Crippen LogP contribution in [0.25, 0.3) is 0 Å². The molecular formula is C17H21F9O5S2. The molecule has 2 aliphatic rings. The lowest BCUT2D eigenvalue weighted by atomic mass is 9.87. The van der Waals surface area contributed by atoms with E-state index in [1.165, 1.54) is 0 Å². The van der Waals surface area contributed by atoms with Crippen LogP contribution in [0.5, 0.6) is 0 Å². The van der Waals surface area contributed by atoms with E-state index in [9.17, 15) is 57.5 Å². The van der Waals surface area contributed by atoms with Gasteiger partial charge in [0.25, 0.3) is 0 Å². The van der Waals surface area contributed by atoms with Crippen molar-refractivity contribution in [3.8, 4) is 0 Å². The molecule has 0 aromatic rings. The highest BCUT2D eigenvalue weighted by molar-refractivity contribution is 8.33. The van der Waals surface area contributed by atoms with Crippen LogP contribution < -0.4 is 0 Å². The third-order valence-corrected chi connectivity index (χ3v) is 11.1. The Hall–Kier alpha value is -1.03. The fraction of sp³-hybridized carbons (Fsp3) is 0.882. The van der Waals surface area contributed by atoms with E-state index < -0.39 is 91.3 Å². The molecule has 0 aromatic carbocycles. The van der Waals surface area contributed by atoms with Gasteiger partial charge in [-0.05, 0) is 12.8 Å². The molecule has 0 N–H and O–H groups in total. The van der Waals surface area contributed by atoms with Crippen molar-refractivity contribution in [3.05, 3.63) is 0 Å². The van der Waals surface area contributed by atoms with Crippen LogP contribution in [0, 0.1) is 5.92 Å². The number of halogens is 9. The van der Waals surface area contributed by atoms with Gasteiger partial charge in [-0.2, -0.15) is 47.9 Å². The highest BCUT2D eigenvalue weighted by Crippen LogP contribution is 2.60. The Balaban J connectivity index is 2.39. The van der Waals surface area contributed by atoms with Gasteiger partial charge < -0.3 is 0 Å². The molecule has 0 aromatic heterocycles. The monoisotopic (exact) mass is 540 g/mol. The van der Waals surface area contributed by atoms with Gasteiger partial charge in [-0.15, -0.1) is 10.3 Å². The average Bonchev–Trinajstić information content (AvgIpc) is 2.69. The van der Waals surface area contributed by atoms with Crippen LogP contribution in [0.3, 0.4) is 0 Å². The zero-order chi connectivity index (χ0) is 25.5. The summed E-state index contributed by atoms with van der Waals surface area (Å²) in [6.07, 6.45) is -5.21. The van der Waals surface area contributed by atoms with Crippen molar-refractivity contribution in [3.63, 3.8) is 0 Å². The van der Waals surface area contributed by atoms with Crippen LogP contribution >= 0.6 is 10.3 Å². The molecule has 16 heteroatoms. The minimum atomic E-state index is -7.42. The highest BCUT2D eigenvalue weighted by Gasteiger charge is 2.86. The lowest BCUT2D eigenvalue weighted by Crippen LogP contribution is -2.63. The quantitative estimate of drug-likeness (QED) is 0.406. The van der Waals surface area contributed by atoms with Crippen LogP contribution in [0.1, 0.15) is 44.9 Å². The number of alkyl halides is 9. The predicted octanol–water partition coefficient (Wildman–Crippen LogP) is 4.99. The third kappa shape index (κ3) is 5.31. The average molecular weight is 540 g/mol. The number of Topliss-reactive ketones (excluding diaryl/α,β-unsaturated/α-hetero) is 2. The zero-order valence-electron chi connectivity index (χ0n) is 16.9. The maximum Gasteiger partial charge on any atom is 0.460 e. The Labute approximate surface area is 185 Å². The summed E-state index contributed by atoms with van der Waals surface area (Å²) >= 11 is 0.